The van der Waals surface area contributed by atoms with Crippen molar-refractivity contribution in [1.82, 2.24) is 0 Å². The molecule has 0 aromatic heterocycles. The molecule has 0 saturated carbocycles. The van der Waals surface area contributed by atoms with E-state index in [4.69, 9.17) is 6.92 Å². The molecule has 0 spiro atoms. The van der Waals surface area contributed by atoms with E-state index >= 15 is 0 Å². The highest BCUT2D eigenvalue weighted by Gasteiger charge is 1.94. The maximum atomic E-state index is 5.49. The Morgan fingerprint density at radius 2 is 0.650 bits per heavy atom. The van der Waals surface area contributed by atoms with Gasteiger partial charge in [-0.15, -0.1) is 0 Å². The quantitative estimate of drug-likeness (QED) is 0.239. The molecule has 0 aliphatic carbocycles. The van der Waals surface area contributed by atoms with Gasteiger partial charge in [-0.2, -0.15) is 0 Å². The largest absolute Gasteiger partial charge is 0.0654 e. The molecular weight excluding hydrogens is 240 g/mol. The topological polar surface area (TPSA) is 0 Å². The van der Waals surface area contributed by atoms with Crippen molar-refractivity contribution in [3.63, 3.8) is 0 Å². The highest BCUT2D eigenvalue weighted by atomic mass is 14.0. The minimum absolute atomic E-state index is 0.874. The van der Waals surface area contributed by atoms with Gasteiger partial charge in [0.2, 0.25) is 0 Å². The molecule has 0 bridgehead atoms. The van der Waals surface area contributed by atoms with Crippen LogP contribution < -0.4 is 0 Å². The Hall–Kier alpha value is 0. The summed E-state index contributed by atoms with van der Waals surface area (Å²) in [5.41, 5.74) is 0. The van der Waals surface area contributed by atoms with Gasteiger partial charge >= 0.3 is 0 Å². The molecule has 0 heteroatoms. The predicted octanol–water partition coefficient (Wildman–Crippen LogP) is 7.74. The number of hydrogen-bond acceptors (Lipinski definition) is 0. The van der Waals surface area contributed by atoms with E-state index in [9.17, 15) is 0 Å². The maximum Gasteiger partial charge on any atom is -0.0352 e. The number of rotatable bonds is 17. The highest BCUT2D eigenvalue weighted by Crippen LogP contribution is 2.14. The summed E-state index contributed by atoms with van der Waals surface area (Å²) in [7, 11) is 0. The van der Waals surface area contributed by atoms with Gasteiger partial charge in [-0.1, -0.05) is 116 Å². The van der Waals surface area contributed by atoms with E-state index in [2.05, 4.69) is 6.92 Å². The van der Waals surface area contributed by atoms with E-state index in [0.29, 0.717) is 0 Å². The molecule has 0 N–H and O–H groups in total. The second-order valence-corrected chi connectivity index (χ2v) is 6.45. The Balaban J connectivity index is 2.89. The fraction of sp³-hybridized carbons (Fsp3) is 0.950. The zero-order chi connectivity index (χ0) is 14.7. The molecule has 2 radical (unpaired) electrons. The lowest BCUT2D eigenvalue weighted by molar-refractivity contribution is 0.527. The molecule has 120 valence electrons. The van der Waals surface area contributed by atoms with Crippen LogP contribution in [-0.2, 0) is 0 Å². The second kappa shape index (κ2) is 19.0. The average Bonchev–Trinajstić information content (AvgIpc) is 2.47. The highest BCUT2D eigenvalue weighted by molar-refractivity contribution is 4.50. The minimum Gasteiger partial charge on any atom is -0.0654 e. The van der Waals surface area contributed by atoms with Gasteiger partial charge < -0.3 is 0 Å². The van der Waals surface area contributed by atoms with E-state index in [1.54, 1.807) is 0 Å². The van der Waals surface area contributed by atoms with E-state index < -0.39 is 0 Å². The third-order valence-corrected chi connectivity index (χ3v) is 4.31. The van der Waals surface area contributed by atoms with Gasteiger partial charge in [0.1, 0.15) is 0 Å². The van der Waals surface area contributed by atoms with Crippen molar-refractivity contribution >= 4 is 0 Å². The molecule has 0 aromatic rings. The van der Waals surface area contributed by atoms with Crippen molar-refractivity contribution in [2.45, 2.75) is 122 Å². The molecule has 0 aromatic carbocycles. The normalized spacial score (nSPS) is 11.1. The molecule has 0 nitrogen and oxygen atoms in total. The smallest absolute Gasteiger partial charge is 0.0352 e. The van der Waals surface area contributed by atoms with Gasteiger partial charge in [0.05, 0.1) is 0 Å². The van der Waals surface area contributed by atoms with Crippen LogP contribution in [0.3, 0.4) is 0 Å². The summed E-state index contributed by atoms with van der Waals surface area (Å²) < 4.78 is 0. The lowest BCUT2D eigenvalue weighted by atomic mass is 10.0. The minimum atomic E-state index is 0.874. The maximum absolute atomic E-state index is 5.49. The lowest BCUT2D eigenvalue weighted by Gasteiger charge is -2.03. The SMILES string of the molecule is [CH]CCCCCCCCCCCCCCCCCCC. The Bertz CT molecular complexity index is 132. The average molecular weight is 281 g/mol. The van der Waals surface area contributed by atoms with Crippen LogP contribution in [-0.4, -0.2) is 0 Å². The van der Waals surface area contributed by atoms with E-state index in [1.165, 1.54) is 109 Å². The lowest BCUT2D eigenvalue weighted by Crippen LogP contribution is -1.83. The van der Waals surface area contributed by atoms with Crippen molar-refractivity contribution in [2.75, 3.05) is 0 Å². The molecule has 0 aliphatic rings. The summed E-state index contributed by atoms with van der Waals surface area (Å²) in [6, 6.07) is 0. The van der Waals surface area contributed by atoms with Crippen molar-refractivity contribution in [3.8, 4) is 0 Å². The van der Waals surface area contributed by atoms with Crippen molar-refractivity contribution in [2.24, 2.45) is 0 Å². The Labute approximate surface area is 130 Å². The molecule has 0 atom stereocenters. The van der Waals surface area contributed by atoms with Crippen LogP contribution in [0.1, 0.15) is 122 Å². The molecule has 0 saturated heterocycles. The van der Waals surface area contributed by atoms with Gasteiger partial charge in [-0.05, 0) is 13.3 Å². The van der Waals surface area contributed by atoms with Crippen LogP contribution in [0.5, 0.6) is 0 Å². The summed E-state index contributed by atoms with van der Waals surface area (Å²) in [4.78, 5) is 0. The number of unbranched alkanes of at least 4 members (excludes halogenated alkanes) is 17. The fourth-order valence-corrected chi connectivity index (χ4v) is 2.87. The first-order valence-corrected chi connectivity index (χ1v) is 9.62. The first-order valence-electron chi connectivity index (χ1n) is 9.62. The molecule has 0 amide bonds. The molecule has 0 unspecified atom stereocenters. The van der Waals surface area contributed by atoms with E-state index in [0.717, 1.165) is 6.42 Å². The van der Waals surface area contributed by atoms with Gasteiger partial charge in [0, 0.05) is 0 Å². The van der Waals surface area contributed by atoms with Crippen LogP contribution >= 0.6 is 0 Å². The predicted molar refractivity (Wildman–Crippen MR) is 93.1 cm³/mol. The van der Waals surface area contributed by atoms with Crippen LogP contribution in [0, 0.1) is 6.92 Å². The van der Waals surface area contributed by atoms with Gasteiger partial charge in [-0.25, -0.2) is 0 Å². The van der Waals surface area contributed by atoms with Crippen molar-refractivity contribution < 1.29 is 0 Å². The zero-order valence-corrected chi connectivity index (χ0v) is 14.3. The molecular formula is C20H40. The molecule has 20 heavy (non-hydrogen) atoms. The Morgan fingerprint density at radius 3 is 0.900 bits per heavy atom. The van der Waals surface area contributed by atoms with Crippen LogP contribution in [0.15, 0.2) is 0 Å². The Morgan fingerprint density at radius 1 is 0.400 bits per heavy atom. The fourth-order valence-electron chi connectivity index (χ4n) is 2.87. The second-order valence-electron chi connectivity index (χ2n) is 6.45. The first kappa shape index (κ1) is 20.0. The molecule has 0 heterocycles. The summed E-state index contributed by atoms with van der Waals surface area (Å²) in [6.07, 6.45) is 25.2. The third kappa shape index (κ3) is 18.0. The van der Waals surface area contributed by atoms with Crippen LogP contribution in [0.2, 0.25) is 0 Å². The monoisotopic (exact) mass is 280 g/mol. The van der Waals surface area contributed by atoms with E-state index in [-0.39, 0.29) is 0 Å². The summed E-state index contributed by atoms with van der Waals surface area (Å²) in [5, 5.41) is 0. The number of hydrogen-bond donors (Lipinski definition) is 0. The summed E-state index contributed by atoms with van der Waals surface area (Å²) in [5.74, 6) is 0. The van der Waals surface area contributed by atoms with Crippen LogP contribution in [0.25, 0.3) is 0 Å². The van der Waals surface area contributed by atoms with Gasteiger partial charge in [0.25, 0.3) is 0 Å². The van der Waals surface area contributed by atoms with Gasteiger partial charge in [0.15, 0.2) is 0 Å². The van der Waals surface area contributed by atoms with E-state index in [1.807, 2.05) is 0 Å². The van der Waals surface area contributed by atoms with Crippen LogP contribution in [0.4, 0.5) is 0 Å². The molecule has 0 rings (SSSR count). The summed E-state index contributed by atoms with van der Waals surface area (Å²) >= 11 is 0. The van der Waals surface area contributed by atoms with Crippen molar-refractivity contribution in [1.29, 1.82) is 0 Å². The standard InChI is InChI=1S/C20H40/c1-3-5-7-9-11-13-15-17-19-20-18-16-14-12-10-8-6-4-2/h1H,3-20H2,2H3. The molecule has 0 aliphatic heterocycles. The molecule has 0 fully saturated rings. The van der Waals surface area contributed by atoms with Crippen molar-refractivity contribution in [3.05, 3.63) is 6.92 Å². The summed E-state index contributed by atoms with van der Waals surface area (Å²) in [6.45, 7) is 7.78. The third-order valence-electron chi connectivity index (χ3n) is 4.31. The van der Waals surface area contributed by atoms with Gasteiger partial charge in [-0.3, -0.25) is 0 Å². The zero-order valence-electron chi connectivity index (χ0n) is 14.3. The Kier molecular flexibility index (Phi) is 19.0. The first-order chi connectivity index (χ1) is 9.91.